The summed E-state index contributed by atoms with van der Waals surface area (Å²) in [6.07, 6.45) is 7.22. The van der Waals surface area contributed by atoms with Crippen LogP contribution in [0.1, 0.15) is 36.8 Å². The summed E-state index contributed by atoms with van der Waals surface area (Å²) in [7, 11) is 0. The first-order valence-electron chi connectivity index (χ1n) is 6.81. The van der Waals surface area contributed by atoms with Gasteiger partial charge in [0, 0.05) is 6.08 Å². The highest BCUT2D eigenvalue weighted by atomic mass is 16.3. The van der Waals surface area contributed by atoms with Crippen molar-refractivity contribution in [2.24, 2.45) is 0 Å². The van der Waals surface area contributed by atoms with E-state index >= 15 is 0 Å². The molecule has 1 aromatic rings. The molecule has 0 unspecified atom stereocenters. The Kier molecular flexibility index (Phi) is 4.38. The third-order valence-electron chi connectivity index (χ3n) is 3.76. The molecule has 0 spiro atoms. The first-order chi connectivity index (χ1) is 9.13. The molecule has 0 bridgehead atoms. The average Bonchev–Trinajstić information content (AvgIpc) is 2.87. The van der Waals surface area contributed by atoms with Gasteiger partial charge in [-0.05, 0) is 31.4 Å². The van der Waals surface area contributed by atoms with Crippen LogP contribution in [0.15, 0.2) is 30.3 Å². The van der Waals surface area contributed by atoms with Crippen LogP contribution >= 0.6 is 0 Å². The van der Waals surface area contributed by atoms with Gasteiger partial charge in [0.2, 0.25) is 5.91 Å². The van der Waals surface area contributed by atoms with Gasteiger partial charge < -0.3 is 10.4 Å². The summed E-state index contributed by atoms with van der Waals surface area (Å²) >= 11 is 0. The monoisotopic (exact) mass is 259 g/mol. The second kappa shape index (κ2) is 6.02. The van der Waals surface area contributed by atoms with E-state index in [1.54, 1.807) is 12.2 Å². The Morgan fingerprint density at radius 1 is 1.32 bits per heavy atom. The maximum atomic E-state index is 11.9. The van der Waals surface area contributed by atoms with Crippen molar-refractivity contribution < 1.29 is 9.90 Å². The predicted octanol–water partition coefficient (Wildman–Crippen LogP) is 2.43. The van der Waals surface area contributed by atoms with Gasteiger partial charge in [-0.1, -0.05) is 42.7 Å². The number of aryl methyl sites for hydroxylation is 1. The first-order valence-corrected chi connectivity index (χ1v) is 6.81. The van der Waals surface area contributed by atoms with Crippen molar-refractivity contribution in [3.63, 3.8) is 0 Å². The van der Waals surface area contributed by atoms with Gasteiger partial charge in [-0.3, -0.25) is 4.79 Å². The topological polar surface area (TPSA) is 49.3 Å². The van der Waals surface area contributed by atoms with Crippen LogP contribution in [0.2, 0.25) is 0 Å². The average molecular weight is 259 g/mol. The lowest BCUT2D eigenvalue weighted by Gasteiger charge is -2.27. The number of hydrogen-bond donors (Lipinski definition) is 2. The number of benzene rings is 1. The van der Waals surface area contributed by atoms with Gasteiger partial charge >= 0.3 is 0 Å². The lowest BCUT2D eigenvalue weighted by Crippen LogP contribution is -2.48. The summed E-state index contributed by atoms with van der Waals surface area (Å²) < 4.78 is 0. The summed E-state index contributed by atoms with van der Waals surface area (Å²) in [5, 5.41) is 12.4. The van der Waals surface area contributed by atoms with Crippen LogP contribution in [0.5, 0.6) is 0 Å². The zero-order valence-corrected chi connectivity index (χ0v) is 11.4. The van der Waals surface area contributed by atoms with Crippen LogP contribution in [-0.2, 0) is 4.79 Å². The van der Waals surface area contributed by atoms with E-state index in [1.165, 1.54) is 5.56 Å². The smallest absolute Gasteiger partial charge is 0.244 e. The Morgan fingerprint density at radius 2 is 1.95 bits per heavy atom. The van der Waals surface area contributed by atoms with Gasteiger partial charge in [-0.25, -0.2) is 0 Å². The van der Waals surface area contributed by atoms with Gasteiger partial charge in [0.15, 0.2) is 0 Å². The largest absolute Gasteiger partial charge is 0.394 e. The quantitative estimate of drug-likeness (QED) is 0.816. The fraction of sp³-hybridized carbons (Fsp3) is 0.438. The molecule has 1 aliphatic rings. The molecule has 0 aliphatic heterocycles. The molecule has 1 saturated carbocycles. The molecule has 2 rings (SSSR count). The molecule has 3 nitrogen and oxygen atoms in total. The molecular formula is C16H21NO2. The Labute approximate surface area is 114 Å². The molecule has 3 heteroatoms. The summed E-state index contributed by atoms with van der Waals surface area (Å²) in [4.78, 5) is 11.9. The molecule has 1 amide bonds. The third kappa shape index (κ3) is 3.67. The molecule has 0 saturated heterocycles. The van der Waals surface area contributed by atoms with Crippen LogP contribution in [-0.4, -0.2) is 23.2 Å². The van der Waals surface area contributed by atoms with Crippen LogP contribution in [0.3, 0.4) is 0 Å². The number of aliphatic hydroxyl groups excluding tert-OH is 1. The van der Waals surface area contributed by atoms with Crippen LogP contribution in [0.25, 0.3) is 6.08 Å². The van der Waals surface area contributed by atoms with Crippen molar-refractivity contribution in [2.45, 2.75) is 38.1 Å². The fourth-order valence-corrected chi connectivity index (χ4v) is 2.53. The number of aliphatic hydroxyl groups is 1. The Morgan fingerprint density at radius 3 is 2.53 bits per heavy atom. The highest BCUT2D eigenvalue weighted by molar-refractivity contribution is 5.92. The van der Waals surface area contributed by atoms with E-state index in [4.69, 9.17) is 0 Å². The van der Waals surface area contributed by atoms with E-state index < -0.39 is 5.54 Å². The maximum absolute atomic E-state index is 11.9. The van der Waals surface area contributed by atoms with Crippen molar-refractivity contribution in [1.82, 2.24) is 5.32 Å². The maximum Gasteiger partial charge on any atom is 0.244 e. The highest BCUT2D eigenvalue weighted by Gasteiger charge is 2.33. The number of carbonyl (C=O) groups is 1. The molecule has 0 atom stereocenters. The minimum Gasteiger partial charge on any atom is -0.394 e. The van der Waals surface area contributed by atoms with Crippen molar-refractivity contribution >= 4 is 12.0 Å². The molecule has 19 heavy (non-hydrogen) atoms. The minimum atomic E-state index is -0.394. The van der Waals surface area contributed by atoms with Gasteiger partial charge in [0.05, 0.1) is 12.1 Å². The van der Waals surface area contributed by atoms with Gasteiger partial charge in [0.1, 0.15) is 0 Å². The zero-order valence-electron chi connectivity index (χ0n) is 11.4. The first kappa shape index (κ1) is 13.8. The molecule has 0 aromatic heterocycles. The Balaban J connectivity index is 1.95. The van der Waals surface area contributed by atoms with Gasteiger partial charge in [0.25, 0.3) is 0 Å². The second-order valence-electron chi connectivity index (χ2n) is 5.38. The standard InChI is InChI=1S/C16H21NO2/c1-13-4-6-14(7-5-13)8-9-15(19)17-16(12-18)10-2-3-11-16/h4-9,18H,2-3,10-12H2,1H3,(H,17,19). The van der Waals surface area contributed by atoms with Crippen LogP contribution in [0, 0.1) is 6.92 Å². The number of nitrogens with one attached hydrogen (secondary N) is 1. The van der Waals surface area contributed by atoms with E-state index in [1.807, 2.05) is 31.2 Å². The molecular weight excluding hydrogens is 238 g/mol. The Hall–Kier alpha value is -1.61. The van der Waals surface area contributed by atoms with Crippen molar-refractivity contribution in [1.29, 1.82) is 0 Å². The number of amides is 1. The molecule has 2 N–H and O–H groups in total. The summed E-state index contributed by atoms with van der Waals surface area (Å²) in [5.41, 5.74) is 1.81. The summed E-state index contributed by atoms with van der Waals surface area (Å²) in [5.74, 6) is -0.128. The highest BCUT2D eigenvalue weighted by Crippen LogP contribution is 2.29. The number of hydrogen-bond acceptors (Lipinski definition) is 2. The fourth-order valence-electron chi connectivity index (χ4n) is 2.53. The van der Waals surface area contributed by atoms with Gasteiger partial charge in [-0.2, -0.15) is 0 Å². The summed E-state index contributed by atoms with van der Waals surface area (Å²) in [6.45, 7) is 2.06. The van der Waals surface area contributed by atoms with E-state index in [0.29, 0.717) is 0 Å². The Bertz CT molecular complexity index is 456. The molecule has 102 valence electrons. The van der Waals surface area contributed by atoms with Crippen molar-refractivity contribution in [2.75, 3.05) is 6.61 Å². The zero-order chi connectivity index (χ0) is 13.7. The predicted molar refractivity (Wildman–Crippen MR) is 76.6 cm³/mol. The summed E-state index contributed by atoms with van der Waals surface area (Å²) in [6, 6.07) is 8.00. The van der Waals surface area contributed by atoms with Crippen molar-refractivity contribution in [3.8, 4) is 0 Å². The second-order valence-corrected chi connectivity index (χ2v) is 5.38. The van der Waals surface area contributed by atoms with E-state index in [-0.39, 0.29) is 12.5 Å². The molecule has 1 fully saturated rings. The van der Waals surface area contributed by atoms with Crippen LogP contribution in [0.4, 0.5) is 0 Å². The SMILES string of the molecule is Cc1ccc(C=CC(=O)NC2(CO)CCCC2)cc1. The third-order valence-corrected chi connectivity index (χ3v) is 3.76. The number of rotatable bonds is 4. The van der Waals surface area contributed by atoms with E-state index in [9.17, 15) is 9.90 Å². The lowest BCUT2D eigenvalue weighted by molar-refractivity contribution is -0.118. The van der Waals surface area contributed by atoms with E-state index in [0.717, 1.165) is 31.2 Å². The number of carbonyl (C=O) groups excluding carboxylic acids is 1. The molecule has 1 aliphatic carbocycles. The molecule has 0 radical (unpaired) electrons. The van der Waals surface area contributed by atoms with Crippen molar-refractivity contribution in [3.05, 3.63) is 41.5 Å². The van der Waals surface area contributed by atoms with Gasteiger partial charge in [-0.15, -0.1) is 0 Å². The van der Waals surface area contributed by atoms with Crippen LogP contribution < -0.4 is 5.32 Å². The molecule has 0 heterocycles. The normalized spacial score (nSPS) is 17.8. The lowest BCUT2D eigenvalue weighted by atomic mass is 9.99. The van der Waals surface area contributed by atoms with E-state index in [2.05, 4.69) is 5.32 Å². The molecule has 1 aromatic carbocycles. The minimum absolute atomic E-state index is 0.0249.